The van der Waals surface area contributed by atoms with Crippen LogP contribution in [0.2, 0.25) is 0 Å². The van der Waals surface area contributed by atoms with Crippen LogP contribution >= 0.6 is 0 Å². The molecule has 0 amide bonds. The largest absolute Gasteiger partial charge is 0.489 e. The standard InChI is InChI=1S/C13H16N2O2/c1-2-7-15-9-12(16)10-17-13-6-4-3-5-11(13)8-14/h2-6,12,15-16H,1,7,9-10H2. The van der Waals surface area contributed by atoms with Crippen LogP contribution in [0.5, 0.6) is 5.75 Å². The molecule has 0 saturated heterocycles. The maximum Gasteiger partial charge on any atom is 0.137 e. The van der Waals surface area contributed by atoms with Gasteiger partial charge in [-0.3, -0.25) is 0 Å². The fourth-order valence-electron chi connectivity index (χ4n) is 1.28. The summed E-state index contributed by atoms with van der Waals surface area (Å²) in [6, 6.07) is 8.99. The summed E-state index contributed by atoms with van der Waals surface area (Å²) in [7, 11) is 0. The molecule has 4 heteroatoms. The third-order valence-corrected chi connectivity index (χ3v) is 2.11. The lowest BCUT2D eigenvalue weighted by molar-refractivity contribution is 0.107. The third kappa shape index (κ3) is 4.68. The van der Waals surface area contributed by atoms with Gasteiger partial charge in [-0.15, -0.1) is 6.58 Å². The number of rotatable bonds is 7. The van der Waals surface area contributed by atoms with E-state index in [0.717, 1.165) is 0 Å². The Labute approximate surface area is 101 Å². The Hall–Kier alpha value is -1.83. The predicted molar refractivity (Wildman–Crippen MR) is 65.7 cm³/mol. The van der Waals surface area contributed by atoms with Gasteiger partial charge in [0.05, 0.1) is 5.56 Å². The molecule has 0 spiro atoms. The highest BCUT2D eigenvalue weighted by molar-refractivity contribution is 5.42. The van der Waals surface area contributed by atoms with Crippen molar-refractivity contribution in [3.63, 3.8) is 0 Å². The summed E-state index contributed by atoms with van der Waals surface area (Å²) in [5.74, 6) is 0.498. The van der Waals surface area contributed by atoms with E-state index in [1.165, 1.54) is 0 Å². The number of nitrogens with zero attached hydrogens (tertiary/aromatic N) is 1. The fourth-order valence-corrected chi connectivity index (χ4v) is 1.28. The zero-order valence-corrected chi connectivity index (χ0v) is 9.60. The number of ether oxygens (including phenoxy) is 1. The van der Waals surface area contributed by atoms with Crippen molar-refractivity contribution in [2.75, 3.05) is 19.7 Å². The molecule has 0 aliphatic heterocycles. The molecule has 0 bridgehead atoms. The normalized spacial score (nSPS) is 11.5. The number of hydrogen-bond acceptors (Lipinski definition) is 4. The van der Waals surface area contributed by atoms with Crippen molar-refractivity contribution < 1.29 is 9.84 Å². The Kier molecular flexibility index (Phi) is 5.80. The molecule has 1 aromatic rings. The summed E-state index contributed by atoms with van der Waals surface area (Å²) in [6.07, 6.45) is 1.11. The molecule has 1 atom stereocenters. The Morgan fingerprint density at radius 3 is 3.00 bits per heavy atom. The van der Waals surface area contributed by atoms with Crippen LogP contribution in [-0.2, 0) is 0 Å². The lowest BCUT2D eigenvalue weighted by Gasteiger charge is -2.13. The smallest absolute Gasteiger partial charge is 0.137 e. The molecule has 2 N–H and O–H groups in total. The summed E-state index contributed by atoms with van der Waals surface area (Å²) in [5.41, 5.74) is 0.471. The van der Waals surface area contributed by atoms with E-state index < -0.39 is 6.10 Å². The monoisotopic (exact) mass is 232 g/mol. The van der Waals surface area contributed by atoms with Crippen LogP contribution in [0.3, 0.4) is 0 Å². The fraction of sp³-hybridized carbons (Fsp3) is 0.308. The highest BCUT2D eigenvalue weighted by atomic mass is 16.5. The van der Waals surface area contributed by atoms with Gasteiger partial charge >= 0.3 is 0 Å². The molecule has 0 saturated carbocycles. The first-order valence-corrected chi connectivity index (χ1v) is 5.39. The van der Waals surface area contributed by atoms with Gasteiger partial charge in [0.1, 0.15) is 24.5 Å². The first-order valence-electron chi connectivity index (χ1n) is 5.39. The maximum atomic E-state index is 9.60. The van der Waals surface area contributed by atoms with Crippen molar-refractivity contribution in [3.05, 3.63) is 42.5 Å². The summed E-state index contributed by atoms with van der Waals surface area (Å²) in [6.45, 7) is 4.79. The molecule has 0 aliphatic rings. The van der Waals surface area contributed by atoms with E-state index >= 15 is 0 Å². The van der Waals surface area contributed by atoms with Crippen molar-refractivity contribution in [1.82, 2.24) is 5.32 Å². The van der Waals surface area contributed by atoms with Gasteiger partial charge in [0.25, 0.3) is 0 Å². The van der Waals surface area contributed by atoms with Crippen LogP contribution in [0.1, 0.15) is 5.56 Å². The molecule has 17 heavy (non-hydrogen) atoms. The van der Waals surface area contributed by atoms with E-state index in [1.807, 2.05) is 6.07 Å². The second kappa shape index (κ2) is 7.44. The van der Waals surface area contributed by atoms with Crippen molar-refractivity contribution >= 4 is 0 Å². The molecular weight excluding hydrogens is 216 g/mol. The quantitative estimate of drug-likeness (QED) is 0.545. The average molecular weight is 232 g/mol. The third-order valence-electron chi connectivity index (χ3n) is 2.11. The molecule has 1 rings (SSSR count). The highest BCUT2D eigenvalue weighted by Gasteiger charge is 2.06. The number of nitriles is 1. The van der Waals surface area contributed by atoms with E-state index in [9.17, 15) is 5.11 Å². The van der Waals surface area contributed by atoms with Gasteiger partial charge in [0.15, 0.2) is 0 Å². The van der Waals surface area contributed by atoms with E-state index in [0.29, 0.717) is 24.4 Å². The van der Waals surface area contributed by atoms with Crippen LogP contribution in [-0.4, -0.2) is 30.9 Å². The van der Waals surface area contributed by atoms with Gasteiger partial charge in [0.2, 0.25) is 0 Å². The number of hydrogen-bond donors (Lipinski definition) is 2. The Balaban J connectivity index is 2.39. The summed E-state index contributed by atoms with van der Waals surface area (Å²) in [4.78, 5) is 0. The molecule has 1 unspecified atom stereocenters. The van der Waals surface area contributed by atoms with E-state index in [2.05, 4.69) is 11.9 Å². The minimum Gasteiger partial charge on any atom is -0.489 e. The molecule has 0 fully saturated rings. The summed E-state index contributed by atoms with van der Waals surface area (Å²) in [5, 5.41) is 21.4. The Morgan fingerprint density at radius 2 is 2.29 bits per heavy atom. The second-order valence-corrected chi connectivity index (χ2v) is 3.52. The van der Waals surface area contributed by atoms with Gasteiger partial charge in [-0.1, -0.05) is 18.2 Å². The lowest BCUT2D eigenvalue weighted by Crippen LogP contribution is -2.31. The Bertz CT molecular complexity index is 399. The van der Waals surface area contributed by atoms with E-state index in [4.69, 9.17) is 10.00 Å². The van der Waals surface area contributed by atoms with Gasteiger partial charge in [-0.05, 0) is 12.1 Å². The minimum atomic E-state index is -0.610. The number of aliphatic hydroxyl groups excluding tert-OH is 1. The number of aliphatic hydroxyl groups is 1. The van der Waals surface area contributed by atoms with Crippen LogP contribution in [0, 0.1) is 11.3 Å². The molecule has 1 aromatic carbocycles. The first kappa shape index (κ1) is 13.2. The van der Waals surface area contributed by atoms with Crippen LogP contribution < -0.4 is 10.1 Å². The second-order valence-electron chi connectivity index (χ2n) is 3.52. The van der Waals surface area contributed by atoms with Crippen molar-refractivity contribution in [1.29, 1.82) is 5.26 Å². The molecule has 4 nitrogen and oxygen atoms in total. The van der Waals surface area contributed by atoms with Crippen molar-refractivity contribution in [2.24, 2.45) is 0 Å². The molecule has 0 heterocycles. The molecule has 0 aliphatic carbocycles. The first-order chi connectivity index (χ1) is 8.27. The highest BCUT2D eigenvalue weighted by Crippen LogP contribution is 2.16. The van der Waals surface area contributed by atoms with Crippen LogP contribution in [0.15, 0.2) is 36.9 Å². The maximum absolute atomic E-state index is 9.60. The van der Waals surface area contributed by atoms with Crippen molar-refractivity contribution in [3.8, 4) is 11.8 Å². The summed E-state index contributed by atoms with van der Waals surface area (Å²) >= 11 is 0. The van der Waals surface area contributed by atoms with E-state index in [-0.39, 0.29) is 6.61 Å². The minimum absolute atomic E-state index is 0.156. The molecule has 0 aromatic heterocycles. The summed E-state index contributed by atoms with van der Waals surface area (Å²) < 4.78 is 5.38. The topological polar surface area (TPSA) is 65.3 Å². The number of benzene rings is 1. The molecule has 0 radical (unpaired) electrons. The SMILES string of the molecule is C=CCNCC(O)COc1ccccc1C#N. The zero-order chi connectivity index (χ0) is 12.5. The zero-order valence-electron chi connectivity index (χ0n) is 9.60. The van der Waals surface area contributed by atoms with Gasteiger partial charge in [0, 0.05) is 13.1 Å². The van der Waals surface area contributed by atoms with Gasteiger partial charge < -0.3 is 15.2 Å². The predicted octanol–water partition coefficient (Wildman–Crippen LogP) is 1.07. The number of nitrogens with one attached hydrogen (secondary N) is 1. The number of para-hydroxylation sites is 1. The van der Waals surface area contributed by atoms with E-state index in [1.54, 1.807) is 30.3 Å². The molecule has 90 valence electrons. The van der Waals surface area contributed by atoms with Crippen LogP contribution in [0.4, 0.5) is 0 Å². The van der Waals surface area contributed by atoms with Gasteiger partial charge in [-0.25, -0.2) is 0 Å². The molecular formula is C13H16N2O2. The lowest BCUT2D eigenvalue weighted by atomic mass is 10.2. The average Bonchev–Trinajstić information content (AvgIpc) is 2.37. The van der Waals surface area contributed by atoms with Gasteiger partial charge in [-0.2, -0.15) is 5.26 Å². The van der Waals surface area contributed by atoms with Crippen molar-refractivity contribution in [2.45, 2.75) is 6.10 Å². The Morgan fingerprint density at radius 1 is 1.53 bits per heavy atom. The van der Waals surface area contributed by atoms with Crippen LogP contribution in [0.25, 0.3) is 0 Å².